The first-order valence-corrected chi connectivity index (χ1v) is 8.88. The molecule has 4 nitrogen and oxygen atoms in total. The molecule has 0 amide bonds. The van der Waals surface area contributed by atoms with Gasteiger partial charge in [-0.05, 0) is 45.1 Å². The second-order valence-electron chi connectivity index (χ2n) is 6.59. The Morgan fingerprint density at radius 1 is 1.33 bits per heavy atom. The molecule has 0 saturated carbocycles. The van der Waals surface area contributed by atoms with Crippen LogP contribution in [0.2, 0.25) is 0 Å². The van der Waals surface area contributed by atoms with Crippen LogP contribution >= 0.6 is 0 Å². The molecule has 2 atom stereocenters. The third-order valence-corrected chi connectivity index (χ3v) is 4.73. The quantitative estimate of drug-likeness (QED) is 0.566. The molecule has 2 rings (SSSR count). The molecule has 0 saturated heterocycles. The summed E-state index contributed by atoms with van der Waals surface area (Å²) in [5, 5.41) is 13.5. The Labute approximate surface area is 144 Å². The fraction of sp³-hybridized carbons (Fsp3) is 0.550. The van der Waals surface area contributed by atoms with Gasteiger partial charge in [0.1, 0.15) is 0 Å². The van der Waals surface area contributed by atoms with Crippen LogP contribution in [-0.4, -0.2) is 30.8 Å². The maximum Gasteiger partial charge on any atom is 0.317 e. The largest absolute Gasteiger partial charge is 0.465 e. The number of hydrogen-bond donors (Lipinski definition) is 2. The van der Waals surface area contributed by atoms with Crippen molar-refractivity contribution in [3.05, 3.63) is 47.5 Å². The van der Waals surface area contributed by atoms with Gasteiger partial charge in [-0.15, -0.1) is 0 Å². The third kappa shape index (κ3) is 4.68. The summed E-state index contributed by atoms with van der Waals surface area (Å²) in [5.74, 6) is -0.181. The Morgan fingerprint density at radius 2 is 2.08 bits per heavy atom. The van der Waals surface area contributed by atoms with E-state index >= 15 is 0 Å². The highest BCUT2D eigenvalue weighted by Crippen LogP contribution is 2.35. The summed E-state index contributed by atoms with van der Waals surface area (Å²) in [7, 11) is 0. The number of esters is 1. The molecule has 0 radical (unpaired) electrons. The number of ether oxygens (including phenoxy) is 1. The second-order valence-corrected chi connectivity index (χ2v) is 6.59. The summed E-state index contributed by atoms with van der Waals surface area (Å²) in [6, 6.07) is 9.56. The minimum absolute atomic E-state index is 0.181. The maximum atomic E-state index is 12.5. The minimum Gasteiger partial charge on any atom is -0.465 e. The van der Waals surface area contributed by atoms with Crippen LogP contribution in [0.5, 0.6) is 0 Å². The molecule has 1 aromatic carbocycles. The first kappa shape index (κ1) is 18.7. The molecule has 0 bridgehead atoms. The molecule has 0 heterocycles. The number of aliphatic hydroxyl groups is 1. The van der Waals surface area contributed by atoms with Crippen LogP contribution in [0.4, 0.5) is 0 Å². The zero-order valence-electron chi connectivity index (χ0n) is 14.8. The number of rotatable bonds is 8. The predicted octanol–water partition coefficient (Wildman–Crippen LogP) is 3.38. The smallest absolute Gasteiger partial charge is 0.317 e. The van der Waals surface area contributed by atoms with Gasteiger partial charge in [0.2, 0.25) is 0 Å². The van der Waals surface area contributed by atoms with Crippen LogP contribution in [0, 0.1) is 5.41 Å². The molecule has 0 fully saturated rings. The molecule has 1 aliphatic carbocycles. The van der Waals surface area contributed by atoms with Gasteiger partial charge in [0.25, 0.3) is 0 Å². The van der Waals surface area contributed by atoms with E-state index in [4.69, 9.17) is 4.74 Å². The number of carbonyl (C=O) groups excluding carboxylic acids is 1. The van der Waals surface area contributed by atoms with E-state index in [9.17, 15) is 9.90 Å². The van der Waals surface area contributed by atoms with Crippen molar-refractivity contribution in [3.8, 4) is 0 Å². The molecular formula is C20H29NO3. The molecule has 0 aliphatic heterocycles. The van der Waals surface area contributed by atoms with E-state index in [-0.39, 0.29) is 5.97 Å². The van der Waals surface area contributed by atoms with Crippen molar-refractivity contribution in [2.45, 2.75) is 45.6 Å². The summed E-state index contributed by atoms with van der Waals surface area (Å²) in [6.45, 7) is 5.05. The van der Waals surface area contributed by atoms with Gasteiger partial charge < -0.3 is 15.2 Å². The van der Waals surface area contributed by atoms with Gasteiger partial charge in [0.15, 0.2) is 0 Å². The average molecular weight is 331 g/mol. The molecule has 2 unspecified atom stereocenters. The highest BCUT2D eigenvalue weighted by Gasteiger charge is 2.38. The second kappa shape index (κ2) is 9.00. The Kier molecular flexibility index (Phi) is 7.00. The Bertz CT molecular complexity index is 555. The molecule has 0 aromatic heterocycles. The fourth-order valence-electron chi connectivity index (χ4n) is 3.20. The van der Waals surface area contributed by atoms with Crippen LogP contribution in [0.1, 0.15) is 51.2 Å². The van der Waals surface area contributed by atoms with Crippen LogP contribution < -0.4 is 5.32 Å². The summed E-state index contributed by atoms with van der Waals surface area (Å²) >= 11 is 0. The SMILES string of the molecule is CCOC(=O)C(C)(CNCC(O)c1ccccc1)C1=CCCCC1. The van der Waals surface area contributed by atoms with Gasteiger partial charge in [-0.2, -0.15) is 0 Å². The summed E-state index contributed by atoms with van der Waals surface area (Å²) < 4.78 is 5.32. The molecule has 0 spiro atoms. The number of nitrogens with one attached hydrogen (secondary N) is 1. The van der Waals surface area contributed by atoms with Gasteiger partial charge in [0, 0.05) is 13.1 Å². The highest BCUT2D eigenvalue weighted by molar-refractivity contribution is 5.80. The Hall–Kier alpha value is -1.65. The molecule has 24 heavy (non-hydrogen) atoms. The molecule has 1 aromatic rings. The number of hydrogen-bond acceptors (Lipinski definition) is 4. The lowest BCUT2D eigenvalue weighted by atomic mass is 9.76. The predicted molar refractivity (Wildman–Crippen MR) is 95.6 cm³/mol. The van der Waals surface area contributed by atoms with E-state index < -0.39 is 11.5 Å². The van der Waals surface area contributed by atoms with Gasteiger partial charge in [-0.3, -0.25) is 4.79 Å². The number of aliphatic hydroxyl groups excluding tert-OH is 1. The van der Waals surface area contributed by atoms with Crippen molar-refractivity contribution >= 4 is 5.97 Å². The van der Waals surface area contributed by atoms with E-state index in [0.717, 1.165) is 30.4 Å². The lowest BCUT2D eigenvalue weighted by Gasteiger charge is -2.32. The van der Waals surface area contributed by atoms with Gasteiger partial charge in [0.05, 0.1) is 18.1 Å². The van der Waals surface area contributed by atoms with E-state index in [1.165, 1.54) is 6.42 Å². The van der Waals surface area contributed by atoms with Crippen LogP contribution in [0.3, 0.4) is 0 Å². The van der Waals surface area contributed by atoms with Crippen LogP contribution in [0.15, 0.2) is 42.0 Å². The van der Waals surface area contributed by atoms with Crippen molar-refractivity contribution in [1.82, 2.24) is 5.32 Å². The summed E-state index contributed by atoms with van der Waals surface area (Å²) in [6.07, 6.45) is 5.87. The van der Waals surface area contributed by atoms with E-state index in [1.807, 2.05) is 44.2 Å². The standard InChI is InChI=1S/C20H29NO3/c1-3-24-19(23)20(2,17-12-8-5-9-13-17)15-21-14-18(22)16-10-6-4-7-11-16/h4,6-7,10-12,18,21-22H,3,5,8-9,13-15H2,1-2H3. The topological polar surface area (TPSA) is 58.6 Å². The number of benzene rings is 1. The van der Waals surface area contributed by atoms with E-state index in [1.54, 1.807) is 0 Å². The Balaban J connectivity index is 2.00. The van der Waals surface area contributed by atoms with Crippen LogP contribution in [-0.2, 0) is 9.53 Å². The lowest BCUT2D eigenvalue weighted by Crippen LogP contribution is -2.43. The van der Waals surface area contributed by atoms with Crippen LogP contribution in [0.25, 0.3) is 0 Å². The third-order valence-electron chi connectivity index (χ3n) is 4.73. The molecule has 2 N–H and O–H groups in total. The lowest BCUT2D eigenvalue weighted by molar-refractivity contribution is -0.152. The van der Waals surface area contributed by atoms with E-state index in [2.05, 4.69) is 11.4 Å². The first-order valence-electron chi connectivity index (χ1n) is 8.88. The minimum atomic E-state index is -0.660. The van der Waals surface area contributed by atoms with Gasteiger partial charge >= 0.3 is 5.97 Å². The van der Waals surface area contributed by atoms with Crippen molar-refractivity contribution in [3.63, 3.8) is 0 Å². The van der Waals surface area contributed by atoms with Crippen molar-refractivity contribution in [2.24, 2.45) is 5.41 Å². The summed E-state index contributed by atoms with van der Waals surface area (Å²) in [4.78, 5) is 12.5. The first-order chi connectivity index (χ1) is 11.6. The monoisotopic (exact) mass is 331 g/mol. The van der Waals surface area contributed by atoms with E-state index in [0.29, 0.717) is 19.7 Å². The van der Waals surface area contributed by atoms with Crippen molar-refractivity contribution < 1.29 is 14.6 Å². The fourth-order valence-corrected chi connectivity index (χ4v) is 3.20. The van der Waals surface area contributed by atoms with Gasteiger partial charge in [-0.25, -0.2) is 0 Å². The Morgan fingerprint density at radius 3 is 2.71 bits per heavy atom. The zero-order valence-corrected chi connectivity index (χ0v) is 14.8. The normalized spacial score (nSPS) is 18.4. The highest BCUT2D eigenvalue weighted by atomic mass is 16.5. The average Bonchev–Trinajstić information content (AvgIpc) is 2.63. The number of allylic oxidation sites excluding steroid dienone is 1. The van der Waals surface area contributed by atoms with Crippen molar-refractivity contribution in [1.29, 1.82) is 0 Å². The van der Waals surface area contributed by atoms with Gasteiger partial charge in [-0.1, -0.05) is 42.0 Å². The summed E-state index contributed by atoms with van der Waals surface area (Å²) in [5.41, 5.74) is 1.38. The number of carbonyl (C=O) groups is 1. The maximum absolute atomic E-state index is 12.5. The molecule has 1 aliphatic rings. The molecular weight excluding hydrogens is 302 g/mol. The zero-order chi connectivity index (χ0) is 17.4. The molecule has 132 valence electrons. The van der Waals surface area contributed by atoms with Crippen molar-refractivity contribution in [2.75, 3.05) is 19.7 Å². The molecule has 4 heteroatoms.